The number of anilines is 1. The lowest BCUT2D eigenvalue weighted by molar-refractivity contribution is -0.125. The van der Waals surface area contributed by atoms with E-state index in [4.69, 9.17) is 4.74 Å². The summed E-state index contributed by atoms with van der Waals surface area (Å²) >= 11 is 0. The molecule has 3 aromatic carbocycles. The number of amides is 1. The fourth-order valence-corrected chi connectivity index (χ4v) is 8.11. The van der Waals surface area contributed by atoms with Crippen molar-refractivity contribution in [3.8, 4) is 5.75 Å². The summed E-state index contributed by atoms with van der Waals surface area (Å²) < 4.78 is 92.1. The molecule has 2 heterocycles. The molecule has 10 nitrogen and oxygen atoms in total. The Bertz CT molecular complexity index is 2030. The topological polar surface area (TPSA) is 130 Å². The van der Waals surface area contributed by atoms with E-state index >= 15 is 0 Å². The Morgan fingerprint density at radius 3 is 2.20 bits per heavy atom. The zero-order valence-electron chi connectivity index (χ0n) is 27.5. The van der Waals surface area contributed by atoms with Gasteiger partial charge in [0.1, 0.15) is 24.0 Å². The van der Waals surface area contributed by atoms with E-state index in [-0.39, 0.29) is 49.0 Å². The zero-order chi connectivity index (χ0) is 36.4. The summed E-state index contributed by atoms with van der Waals surface area (Å²) in [6.07, 6.45) is 8.29. The molecule has 1 aliphatic carbocycles. The normalized spacial score (nSPS) is 16.8. The molecule has 1 aromatic heterocycles. The van der Waals surface area contributed by atoms with Crippen LogP contribution in [0.5, 0.6) is 5.75 Å². The Labute approximate surface area is 291 Å². The molecule has 6 rings (SSSR count). The average Bonchev–Trinajstić information content (AvgIpc) is 3.11. The number of sulfonamides is 1. The van der Waals surface area contributed by atoms with Gasteiger partial charge in [-0.2, -0.15) is 4.31 Å². The van der Waals surface area contributed by atoms with Crippen molar-refractivity contribution in [3.05, 3.63) is 112 Å². The Morgan fingerprint density at radius 1 is 0.922 bits per heavy atom. The van der Waals surface area contributed by atoms with Gasteiger partial charge in [-0.25, -0.2) is 30.8 Å². The molecular formula is C36H34F4N4O6S. The standard InChI is InChI=1S/C36H34F4N4O6S/c1-21-30(37)32(39)34(33(40)31(21)38)51(48,49)44-15-14-28(44)35(45)43(19-24-17-42-27(18-41-24)23-10-6-3-7-11-23)25-12-13-26(36(46)47)29(16-25)50-20-22-8-4-2-5-9-22/h2,4-5,8-9,12-13,16-18,23,28H,3,6-7,10-11,14-15,19-20H2,1H3,(H,46,47)/t28-/m1/s1. The number of hydrogen-bond acceptors (Lipinski definition) is 7. The molecular weight excluding hydrogens is 692 g/mol. The molecule has 2 aliphatic rings. The molecule has 1 atom stereocenters. The predicted molar refractivity (Wildman–Crippen MR) is 177 cm³/mol. The number of carboxylic acid groups (broad SMARTS) is 1. The van der Waals surface area contributed by atoms with E-state index in [0.29, 0.717) is 10.00 Å². The predicted octanol–water partition coefficient (Wildman–Crippen LogP) is 6.66. The number of hydrogen-bond donors (Lipinski definition) is 1. The first-order chi connectivity index (χ1) is 24.4. The van der Waals surface area contributed by atoms with Crippen LogP contribution in [0.2, 0.25) is 0 Å². The summed E-state index contributed by atoms with van der Waals surface area (Å²) in [4.78, 5) is 34.8. The lowest BCUT2D eigenvalue weighted by atomic mass is 9.87. The molecule has 51 heavy (non-hydrogen) atoms. The fraction of sp³-hybridized carbons (Fsp3) is 0.333. The van der Waals surface area contributed by atoms with Crippen LogP contribution in [0.25, 0.3) is 0 Å². The van der Waals surface area contributed by atoms with Gasteiger partial charge in [0.25, 0.3) is 0 Å². The van der Waals surface area contributed by atoms with Crippen LogP contribution in [0, 0.1) is 30.2 Å². The summed E-state index contributed by atoms with van der Waals surface area (Å²) in [6.45, 7) is 0.116. The SMILES string of the molecule is Cc1c(F)c(F)c(S(=O)(=O)N2CC[C@@H]2C(=O)N(Cc2cnc(C3CCCCC3)cn2)c2ccc(C(=O)O)c(OCc3ccccc3)c2)c(F)c1F. The number of carboxylic acids is 1. The van der Waals surface area contributed by atoms with Crippen LogP contribution >= 0.6 is 0 Å². The third-order valence-corrected chi connectivity index (χ3v) is 11.3. The molecule has 15 heteroatoms. The van der Waals surface area contributed by atoms with Crippen LogP contribution in [0.15, 0.2) is 65.8 Å². The molecule has 2 fully saturated rings. The maximum Gasteiger partial charge on any atom is 0.339 e. The molecule has 4 aromatic rings. The molecule has 268 valence electrons. The van der Waals surface area contributed by atoms with Gasteiger partial charge < -0.3 is 14.7 Å². The average molecular weight is 727 g/mol. The van der Waals surface area contributed by atoms with Crippen molar-refractivity contribution >= 4 is 27.6 Å². The number of carbonyl (C=O) groups excluding carboxylic acids is 1. The zero-order valence-corrected chi connectivity index (χ0v) is 28.3. The van der Waals surface area contributed by atoms with Gasteiger partial charge in [0.15, 0.2) is 28.2 Å². The highest BCUT2D eigenvalue weighted by atomic mass is 32.2. The summed E-state index contributed by atoms with van der Waals surface area (Å²) in [6, 6.07) is 11.3. The monoisotopic (exact) mass is 726 g/mol. The van der Waals surface area contributed by atoms with E-state index in [0.717, 1.165) is 55.2 Å². The van der Waals surface area contributed by atoms with Crippen LogP contribution in [-0.4, -0.2) is 52.3 Å². The Kier molecular flexibility index (Phi) is 10.4. The molecule has 0 spiro atoms. The van der Waals surface area contributed by atoms with Gasteiger partial charge in [0.2, 0.25) is 15.9 Å². The van der Waals surface area contributed by atoms with E-state index in [9.17, 15) is 40.7 Å². The van der Waals surface area contributed by atoms with Gasteiger partial charge in [0, 0.05) is 36.0 Å². The van der Waals surface area contributed by atoms with E-state index in [1.54, 1.807) is 36.5 Å². The molecule has 1 saturated carbocycles. The number of rotatable bonds is 11. The van der Waals surface area contributed by atoms with Crippen molar-refractivity contribution in [2.45, 2.75) is 75.5 Å². The van der Waals surface area contributed by atoms with Crippen LogP contribution in [0.3, 0.4) is 0 Å². The molecule has 0 bridgehead atoms. The smallest absolute Gasteiger partial charge is 0.339 e. The second-order valence-electron chi connectivity index (χ2n) is 12.6. The molecule has 0 unspecified atom stereocenters. The lowest BCUT2D eigenvalue weighted by Gasteiger charge is -2.41. The molecule has 0 radical (unpaired) electrons. The Morgan fingerprint density at radius 2 is 1.61 bits per heavy atom. The number of halogens is 4. The highest BCUT2D eigenvalue weighted by Crippen LogP contribution is 2.36. The Hall–Kier alpha value is -4.89. The van der Waals surface area contributed by atoms with Gasteiger partial charge in [0.05, 0.1) is 24.1 Å². The maximum absolute atomic E-state index is 14.9. The summed E-state index contributed by atoms with van der Waals surface area (Å²) in [5.74, 6) is -9.94. The van der Waals surface area contributed by atoms with Crippen LogP contribution in [0.1, 0.15) is 77.3 Å². The fourth-order valence-electron chi connectivity index (χ4n) is 6.37. The number of aromatic carboxylic acids is 1. The molecule has 1 amide bonds. The molecule has 1 saturated heterocycles. The third-order valence-electron chi connectivity index (χ3n) is 9.34. The van der Waals surface area contributed by atoms with Gasteiger partial charge >= 0.3 is 5.97 Å². The van der Waals surface area contributed by atoms with Crippen LogP contribution in [-0.2, 0) is 28.0 Å². The van der Waals surface area contributed by atoms with Gasteiger partial charge in [-0.3, -0.25) is 14.8 Å². The number of nitrogens with zero attached hydrogens (tertiary/aromatic N) is 4. The highest BCUT2D eigenvalue weighted by molar-refractivity contribution is 7.89. The van der Waals surface area contributed by atoms with Crippen molar-refractivity contribution in [3.63, 3.8) is 0 Å². The second-order valence-corrected chi connectivity index (χ2v) is 14.4. The van der Waals surface area contributed by atoms with Crippen LogP contribution < -0.4 is 9.64 Å². The van der Waals surface area contributed by atoms with Crippen molar-refractivity contribution in [1.29, 1.82) is 0 Å². The first kappa shape index (κ1) is 35.9. The van der Waals surface area contributed by atoms with Crippen molar-refractivity contribution in [2.24, 2.45) is 0 Å². The van der Waals surface area contributed by atoms with E-state index in [1.165, 1.54) is 24.4 Å². The quantitative estimate of drug-likeness (QED) is 0.134. The molecule has 1 N–H and O–H groups in total. The third kappa shape index (κ3) is 7.17. The number of aromatic nitrogens is 2. The minimum absolute atomic E-state index is 0.0118. The number of ether oxygens (including phenoxy) is 1. The van der Waals surface area contributed by atoms with E-state index < -0.39 is 61.7 Å². The van der Waals surface area contributed by atoms with Gasteiger partial charge in [-0.05, 0) is 43.9 Å². The summed E-state index contributed by atoms with van der Waals surface area (Å²) in [5, 5.41) is 9.87. The van der Waals surface area contributed by atoms with Gasteiger partial charge in [-0.15, -0.1) is 0 Å². The highest BCUT2D eigenvalue weighted by Gasteiger charge is 2.48. The largest absolute Gasteiger partial charge is 0.488 e. The van der Waals surface area contributed by atoms with Crippen molar-refractivity contribution in [1.82, 2.24) is 14.3 Å². The summed E-state index contributed by atoms with van der Waals surface area (Å²) in [7, 11) is -5.27. The Balaban J connectivity index is 1.36. The van der Waals surface area contributed by atoms with Crippen LogP contribution in [0.4, 0.5) is 23.2 Å². The van der Waals surface area contributed by atoms with Gasteiger partial charge in [-0.1, -0.05) is 49.6 Å². The minimum atomic E-state index is -5.27. The van der Waals surface area contributed by atoms with E-state index in [1.807, 2.05) is 0 Å². The van der Waals surface area contributed by atoms with E-state index in [2.05, 4.69) is 9.97 Å². The molecule has 1 aliphatic heterocycles. The number of benzene rings is 3. The minimum Gasteiger partial charge on any atom is -0.488 e. The second kappa shape index (κ2) is 14.8. The van der Waals surface area contributed by atoms with Crippen molar-refractivity contribution < 1.29 is 45.4 Å². The maximum atomic E-state index is 14.9. The first-order valence-corrected chi connectivity index (χ1v) is 17.8. The van der Waals surface area contributed by atoms with Crippen molar-refractivity contribution in [2.75, 3.05) is 11.4 Å². The summed E-state index contributed by atoms with van der Waals surface area (Å²) in [5.41, 5.74) is 0.708. The number of carbonyl (C=O) groups is 2. The first-order valence-electron chi connectivity index (χ1n) is 16.4. The lowest BCUT2D eigenvalue weighted by Crippen LogP contribution is -2.59.